The summed E-state index contributed by atoms with van der Waals surface area (Å²) < 4.78 is 12.6. The molecule has 0 radical (unpaired) electrons. The van der Waals surface area contributed by atoms with Crippen molar-refractivity contribution in [2.24, 2.45) is 0 Å². The van der Waals surface area contributed by atoms with Crippen molar-refractivity contribution in [1.29, 1.82) is 0 Å². The van der Waals surface area contributed by atoms with Crippen LogP contribution in [0.5, 0.6) is 0 Å². The second-order valence-corrected chi connectivity index (χ2v) is 20.6. The van der Waals surface area contributed by atoms with Crippen LogP contribution in [0.1, 0.15) is 64.9 Å². The van der Waals surface area contributed by atoms with Crippen molar-refractivity contribution in [3.05, 3.63) is 46.1 Å². The van der Waals surface area contributed by atoms with Crippen LogP contribution in [0.4, 0.5) is 0 Å². The summed E-state index contributed by atoms with van der Waals surface area (Å²) in [5, 5.41) is 10.4. The topological polar surface area (TPSA) is 29.5 Å². The predicted molar refractivity (Wildman–Crippen MR) is 116 cm³/mol. The average Bonchev–Trinajstić information content (AvgIpc) is 2.68. The fourth-order valence-electron chi connectivity index (χ4n) is 3.45. The Morgan fingerprint density at radius 3 is 1.96 bits per heavy atom. The Morgan fingerprint density at radius 2 is 1.46 bits per heavy atom. The summed E-state index contributed by atoms with van der Waals surface area (Å²) in [6.45, 7) is 7.86. The SMILES string of the molecule is CCC[CH2][Sn](/[CH]=C/C(O)COCc1ccccc1)([CH2]CCC)[CH2]CCC. The molecular weight excluding hydrogens is 427 g/mol. The molecule has 3 heteroatoms. The molecule has 0 aliphatic carbocycles. The molecule has 0 fully saturated rings. The summed E-state index contributed by atoms with van der Waals surface area (Å²) in [6.07, 6.45) is 9.54. The van der Waals surface area contributed by atoms with Crippen molar-refractivity contribution in [2.75, 3.05) is 6.61 Å². The zero-order valence-electron chi connectivity index (χ0n) is 17.3. The summed E-state index contributed by atoms with van der Waals surface area (Å²) in [5.74, 6) is 0. The molecule has 0 amide bonds. The quantitative estimate of drug-likeness (QED) is 0.298. The molecule has 0 bridgehead atoms. The van der Waals surface area contributed by atoms with Crippen LogP contribution in [0.3, 0.4) is 0 Å². The fourth-order valence-corrected chi connectivity index (χ4v) is 17.9. The molecule has 1 aromatic rings. The van der Waals surface area contributed by atoms with Crippen molar-refractivity contribution >= 4 is 18.4 Å². The molecule has 1 N–H and O–H groups in total. The number of hydrogen-bond acceptors (Lipinski definition) is 2. The Balaban J connectivity index is 2.60. The second kappa shape index (κ2) is 14.7. The third-order valence-corrected chi connectivity index (χ3v) is 19.3. The van der Waals surface area contributed by atoms with Gasteiger partial charge >= 0.3 is 166 Å². The molecule has 0 aliphatic rings. The first kappa shape index (κ1) is 23.7. The van der Waals surface area contributed by atoms with E-state index in [1.165, 1.54) is 51.8 Å². The molecule has 1 unspecified atom stereocenters. The zero-order chi connectivity index (χ0) is 19.1. The van der Waals surface area contributed by atoms with Crippen LogP contribution in [0.15, 0.2) is 40.5 Å². The van der Waals surface area contributed by atoms with Crippen molar-refractivity contribution in [3.8, 4) is 0 Å². The average molecular weight is 467 g/mol. The number of hydrogen-bond donors (Lipinski definition) is 1. The van der Waals surface area contributed by atoms with Crippen LogP contribution in [0.2, 0.25) is 13.3 Å². The second-order valence-electron chi connectivity index (χ2n) is 7.60. The molecule has 0 heterocycles. The van der Waals surface area contributed by atoms with Crippen molar-refractivity contribution in [1.82, 2.24) is 0 Å². The van der Waals surface area contributed by atoms with Gasteiger partial charge in [0.05, 0.1) is 0 Å². The van der Waals surface area contributed by atoms with Crippen LogP contribution < -0.4 is 0 Å². The Bertz CT molecular complexity index is 451. The van der Waals surface area contributed by atoms with E-state index >= 15 is 0 Å². The first-order valence-corrected chi connectivity index (χ1v) is 18.3. The summed E-state index contributed by atoms with van der Waals surface area (Å²) in [5.41, 5.74) is 1.16. The Morgan fingerprint density at radius 1 is 0.923 bits per heavy atom. The van der Waals surface area contributed by atoms with Gasteiger partial charge in [-0.3, -0.25) is 0 Å². The van der Waals surface area contributed by atoms with Crippen molar-refractivity contribution in [3.63, 3.8) is 0 Å². The number of benzene rings is 1. The first-order chi connectivity index (χ1) is 12.7. The number of aliphatic hydroxyl groups is 1. The molecule has 148 valence electrons. The standard InChI is InChI=1S/C11H13O2.3C4H9.Sn/c1-2-11(12)9-13-8-10-6-4-3-5-7-10;3*1-3-4-2;/h1-7,11-12H,8-9H2;3*1,3-4H2,2H3;. The molecule has 0 saturated carbocycles. The third-order valence-electron chi connectivity index (χ3n) is 5.16. The monoisotopic (exact) mass is 468 g/mol. The van der Waals surface area contributed by atoms with Crippen molar-refractivity contribution < 1.29 is 9.84 Å². The third kappa shape index (κ3) is 10.1. The van der Waals surface area contributed by atoms with E-state index in [1.54, 1.807) is 0 Å². The van der Waals surface area contributed by atoms with Gasteiger partial charge in [0.25, 0.3) is 0 Å². The van der Waals surface area contributed by atoms with Crippen LogP contribution in [-0.2, 0) is 11.3 Å². The van der Waals surface area contributed by atoms with Crippen molar-refractivity contribution in [2.45, 2.75) is 85.3 Å². The molecule has 1 atom stereocenters. The van der Waals surface area contributed by atoms with E-state index in [-0.39, 0.29) is 0 Å². The molecule has 2 nitrogen and oxygen atoms in total. The maximum absolute atomic E-state index is 10.4. The van der Waals surface area contributed by atoms with E-state index in [1.807, 2.05) is 18.2 Å². The van der Waals surface area contributed by atoms with E-state index in [0.717, 1.165) is 5.56 Å². The molecule has 0 spiro atoms. The Labute approximate surface area is 165 Å². The van der Waals surface area contributed by atoms with Gasteiger partial charge in [0.2, 0.25) is 0 Å². The van der Waals surface area contributed by atoms with Gasteiger partial charge in [-0.05, 0) is 0 Å². The van der Waals surface area contributed by atoms with Crippen LogP contribution in [0, 0.1) is 0 Å². The number of rotatable bonds is 15. The number of unbranched alkanes of at least 4 members (excludes halogenated alkanes) is 3. The van der Waals surface area contributed by atoms with Gasteiger partial charge in [0.15, 0.2) is 0 Å². The molecule has 0 aliphatic heterocycles. The van der Waals surface area contributed by atoms with Gasteiger partial charge in [-0.1, -0.05) is 0 Å². The number of ether oxygens (including phenoxy) is 1. The zero-order valence-corrected chi connectivity index (χ0v) is 20.1. The van der Waals surface area contributed by atoms with Crippen LogP contribution in [0.25, 0.3) is 0 Å². The minimum atomic E-state index is -2.28. The van der Waals surface area contributed by atoms with E-state index in [4.69, 9.17) is 4.74 Å². The van der Waals surface area contributed by atoms with Crippen LogP contribution in [-0.4, -0.2) is 36.2 Å². The van der Waals surface area contributed by atoms with Gasteiger partial charge < -0.3 is 0 Å². The van der Waals surface area contributed by atoms with E-state index in [2.05, 4.69) is 43.1 Å². The minimum absolute atomic E-state index is 0.392. The Kier molecular flexibility index (Phi) is 13.4. The number of aliphatic hydroxyl groups excluding tert-OH is 1. The first-order valence-electron chi connectivity index (χ1n) is 10.6. The summed E-state index contributed by atoms with van der Waals surface area (Å²) >= 11 is -2.28. The molecule has 0 aromatic heterocycles. The van der Waals surface area contributed by atoms with E-state index in [0.29, 0.717) is 13.2 Å². The maximum atomic E-state index is 10.4. The molecule has 1 rings (SSSR count). The van der Waals surface area contributed by atoms with E-state index < -0.39 is 24.5 Å². The normalized spacial score (nSPS) is 13.4. The van der Waals surface area contributed by atoms with Gasteiger partial charge in [0, 0.05) is 0 Å². The van der Waals surface area contributed by atoms with Gasteiger partial charge in [-0.15, -0.1) is 0 Å². The summed E-state index contributed by atoms with van der Waals surface area (Å²) in [4.78, 5) is 0. The summed E-state index contributed by atoms with van der Waals surface area (Å²) in [6, 6.07) is 10.2. The van der Waals surface area contributed by atoms with Gasteiger partial charge in [-0.25, -0.2) is 0 Å². The molecular formula is C23H40O2Sn. The predicted octanol–water partition coefficient (Wildman–Crippen LogP) is 6.51. The fraction of sp³-hybridized carbons (Fsp3) is 0.652. The summed E-state index contributed by atoms with van der Waals surface area (Å²) in [7, 11) is 0. The van der Waals surface area contributed by atoms with Gasteiger partial charge in [0.1, 0.15) is 0 Å². The Hall–Kier alpha value is -0.321. The van der Waals surface area contributed by atoms with E-state index in [9.17, 15) is 5.11 Å². The molecule has 1 aromatic carbocycles. The molecule has 26 heavy (non-hydrogen) atoms. The van der Waals surface area contributed by atoms with Crippen LogP contribution >= 0.6 is 0 Å². The molecule has 0 saturated heterocycles. The van der Waals surface area contributed by atoms with Gasteiger partial charge in [-0.2, -0.15) is 0 Å².